The Labute approximate surface area is 330 Å². The second-order valence-electron chi connectivity index (χ2n) is 14.5. The lowest BCUT2D eigenvalue weighted by molar-refractivity contribution is 1.30. The van der Waals surface area contributed by atoms with E-state index in [-0.39, 0.29) is 0 Å². The van der Waals surface area contributed by atoms with Crippen molar-refractivity contribution in [1.29, 1.82) is 0 Å². The average molecular weight is 730 g/mol. The topological polar surface area (TPSA) is 3.24 Å². The molecule has 0 amide bonds. The van der Waals surface area contributed by atoms with Gasteiger partial charge in [0.05, 0.1) is 11.4 Å². The van der Waals surface area contributed by atoms with Gasteiger partial charge >= 0.3 is 0 Å². The van der Waals surface area contributed by atoms with Gasteiger partial charge in [0.25, 0.3) is 0 Å². The highest BCUT2D eigenvalue weighted by atomic mass is 32.1. The first-order chi connectivity index (χ1) is 27.7. The summed E-state index contributed by atoms with van der Waals surface area (Å²) in [6.45, 7) is 0. The van der Waals surface area contributed by atoms with Gasteiger partial charge in [-0.15, -0.1) is 11.3 Å². The average Bonchev–Trinajstić information content (AvgIpc) is 3.66. The standard InChI is InChI=1S/C54H35NS/c1-2-12-38(13-3-1)48-32-28-43(42-23-21-36-11-4-5-15-40(36)33-42)35-51(48)55(50-18-10-20-53-54(50)49-17-8-9-19-52(49)56-53)45-29-25-37(26-30-45)41-27-31-47-44(34-41)24-22-39-14-6-7-16-46(39)47/h1-35H. The van der Waals surface area contributed by atoms with Gasteiger partial charge in [-0.25, -0.2) is 0 Å². The summed E-state index contributed by atoms with van der Waals surface area (Å²) < 4.78 is 2.57. The van der Waals surface area contributed by atoms with Crippen molar-refractivity contribution in [3.05, 3.63) is 212 Å². The Hall–Kier alpha value is -7.00. The first-order valence-corrected chi connectivity index (χ1v) is 20.0. The monoisotopic (exact) mass is 729 g/mol. The highest BCUT2D eigenvalue weighted by molar-refractivity contribution is 7.26. The minimum atomic E-state index is 1.11. The number of nitrogens with zero attached hydrogens (tertiary/aromatic N) is 1. The zero-order chi connectivity index (χ0) is 37.0. The molecule has 0 saturated heterocycles. The summed E-state index contributed by atoms with van der Waals surface area (Å²) >= 11 is 1.86. The Morgan fingerprint density at radius 3 is 1.77 bits per heavy atom. The molecule has 11 aromatic rings. The van der Waals surface area contributed by atoms with E-state index in [1.165, 1.54) is 85.9 Å². The van der Waals surface area contributed by atoms with Crippen molar-refractivity contribution in [2.45, 2.75) is 0 Å². The SMILES string of the molecule is c1ccc(-c2ccc(-c3ccc4ccccc4c3)cc2N(c2ccc(-c3ccc4c(ccc5ccccc54)c3)cc2)c2cccc3sc4ccccc4c23)cc1. The van der Waals surface area contributed by atoms with Gasteiger partial charge in [-0.3, -0.25) is 0 Å². The number of rotatable bonds is 6. The number of fused-ring (bicyclic) bond motifs is 7. The zero-order valence-electron chi connectivity index (χ0n) is 30.6. The van der Waals surface area contributed by atoms with E-state index in [1.54, 1.807) is 0 Å². The summed E-state index contributed by atoms with van der Waals surface area (Å²) in [6, 6.07) is 77.9. The molecule has 0 fully saturated rings. The third kappa shape index (κ3) is 5.54. The van der Waals surface area contributed by atoms with E-state index in [2.05, 4.69) is 217 Å². The highest BCUT2D eigenvalue weighted by Gasteiger charge is 2.22. The van der Waals surface area contributed by atoms with E-state index in [9.17, 15) is 0 Å². The van der Waals surface area contributed by atoms with Gasteiger partial charge in [0, 0.05) is 31.4 Å². The molecule has 0 saturated carbocycles. The van der Waals surface area contributed by atoms with Gasteiger partial charge in [0.1, 0.15) is 0 Å². The van der Waals surface area contributed by atoms with Gasteiger partial charge in [0.2, 0.25) is 0 Å². The van der Waals surface area contributed by atoms with E-state index >= 15 is 0 Å². The van der Waals surface area contributed by atoms with Crippen molar-refractivity contribution in [3.63, 3.8) is 0 Å². The molecule has 0 bridgehead atoms. The molecular formula is C54H35NS. The van der Waals surface area contributed by atoms with Gasteiger partial charge in [0.15, 0.2) is 0 Å². The molecule has 0 aliphatic carbocycles. The molecule has 1 aromatic heterocycles. The first kappa shape index (κ1) is 32.4. The third-order valence-electron chi connectivity index (χ3n) is 11.2. The predicted molar refractivity (Wildman–Crippen MR) is 243 cm³/mol. The highest BCUT2D eigenvalue weighted by Crippen LogP contribution is 2.48. The van der Waals surface area contributed by atoms with E-state index in [4.69, 9.17) is 0 Å². The lowest BCUT2D eigenvalue weighted by Crippen LogP contribution is -2.12. The molecule has 11 rings (SSSR count). The number of thiophene rings is 1. The summed E-state index contributed by atoms with van der Waals surface area (Å²) in [4.78, 5) is 2.49. The van der Waals surface area contributed by atoms with Crippen molar-refractivity contribution < 1.29 is 0 Å². The molecular weight excluding hydrogens is 695 g/mol. The largest absolute Gasteiger partial charge is 0.309 e. The smallest absolute Gasteiger partial charge is 0.0555 e. The molecule has 0 radical (unpaired) electrons. The van der Waals surface area contributed by atoms with Crippen LogP contribution in [0.15, 0.2) is 212 Å². The number of benzene rings is 10. The Morgan fingerprint density at radius 1 is 0.304 bits per heavy atom. The van der Waals surface area contributed by atoms with Crippen LogP contribution in [-0.2, 0) is 0 Å². The van der Waals surface area contributed by atoms with Crippen molar-refractivity contribution in [3.8, 4) is 33.4 Å². The Kier molecular flexibility index (Phi) is 7.75. The molecule has 0 unspecified atom stereocenters. The van der Waals surface area contributed by atoms with Crippen LogP contribution in [-0.4, -0.2) is 0 Å². The maximum absolute atomic E-state index is 2.49. The van der Waals surface area contributed by atoms with E-state index in [1.807, 2.05) is 11.3 Å². The van der Waals surface area contributed by atoms with Gasteiger partial charge in [-0.05, 0) is 109 Å². The summed E-state index contributed by atoms with van der Waals surface area (Å²) in [6.07, 6.45) is 0. The summed E-state index contributed by atoms with van der Waals surface area (Å²) in [5, 5.41) is 10.1. The fourth-order valence-corrected chi connectivity index (χ4v) is 9.60. The minimum Gasteiger partial charge on any atom is -0.309 e. The summed E-state index contributed by atoms with van der Waals surface area (Å²) in [5.41, 5.74) is 10.5. The Bertz CT molecular complexity index is 3250. The predicted octanol–water partition coefficient (Wildman–Crippen LogP) is 16.0. The van der Waals surface area contributed by atoms with Crippen LogP contribution in [0.5, 0.6) is 0 Å². The lowest BCUT2D eigenvalue weighted by Gasteiger charge is -2.29. The number of hydrogen-bond donors (Lipinski definition) is 0. The molecule has 0 aliphatic rings. The lowest BCUT2D eigenvalue weighted by atomic mass is 9.95. The zero-order valence-corrected chi connectivity index (χ0v) is 31.4. The normalized spacial score (nSPS) is 11.6. The van der Waals surface area contributed by atoms with Crippen LogP contribution in [0.1, 0.15) is 0 Å². The Morgan fingerprint density at radius 2 is 0.893 bits per heavy atom. The number of hydrogen-bond acceptors (Lipinski definition) is 2. The van der Waals surface area contributed by atoms with Crippen molar-refractivity contribution >= 4 is 80.9 Å². The van der Waals surface area contributed by atoms with Gasteiger partial charge in [-0.2, -0.15) is 0 Å². The van der Waals surface area contributed by atoms with Crippen molar-refractivity contribution in [2.24, 2.45) is 0 Å². The molecule has 0 atom stereocenters. The second kappa shape index (κ2) is 13.4. The maximum atomic E-state index is 2.49. The van der Waals surface area contributed by atoms with Gasteiger partial charge < -0.3 is 4.90 Å². The molecule has 1 heterocycles. The molecule has 0 aliphatic heterocycles. The van der Waals surface area contributed by atoms with Crippen LogP contribution in [0.25, 0.3) is 85.9 Å². The van der Waals surface area contributed by atoms with Crippen LogP contribution in [0, 0.1) is 0 Å². The quantitative estimate of drug-likeness (QED) is 0.154. The van der Waals surface area contributed by atoms with E-state index < -0.39 is 0 Å². The van der Waals surface area contributed by atoms with Crippen LogP contribution in [0.3, 0.4) is 0 Å². The summed E-state index contributed by atoms with van der Waals surface area (Å²) in [5.74, 6) is 0. The fraction of sp³-hybridized carbons (Fsp3) is 0. The van der Waals surface area contributed by atoms with Crippen LogP contribution in [0.4, 0.5) is 17.1 Å². The van der Waals surface area contributed by atoms with E-state index in [0.717, 1.165) is 17.1 Å². The first-order valence-electron chi connectivity index (χ1n) is 19.2. The van der Waals surface area contributed by atoms with Crippen molar-refractivity contribution in [2.75, 3.05) is 4.90 Å². The van der Waals surface area contributed by atoms with Gasteiger partial charge in [-0.1, -0.05) is 164 Å². The van der Waals surface area contributed by atoms with Crippen LogP contribution in [0.2, 0.25) is 0 Å². The molecule has 0 N–H and O–H groups in total. The van der Waals surface area contributed by atoms with Crippen molar-refractivity contribution in [1.82, 2.24) is 0 Å². The second-order valence-corrected chi connectivity index (χ2v) is 15.6. The Balaban J connectivity index is 1.12. The minimum absolute atomic E-state index is 1.11. The molecule has 10 aromatic carbocycles. The summed E-state index contributed by atoms with van der Waals surface area (Å²) in [7, 11) is 0. The third-order valence-corrected chi connectivity index (χ3v) is 12.4. The fourth-order valence-electron chi connectivity index (χ4n) is 8.47. The molecule has 262 valence electrons. The molecule has 1 nitrogen and oxygen atoms in total. The van der Waals surface area contributed by atoms with Crippen LogP contribution >= 0.6 is 11.3 Å². The van der Waals surface area contributed by atoms with E-state index in [0.29, 0.717) is 0 Å². The molecule has 2 heteroatoms. The van der Waals surface area contributed by atoms with Crippen LogP contribution < -0.4 is 4.90 Å². The molecule has 0 spiro atoms. The number of anilines is 3. The maximum Gasteiger partial charge on any atom is 0.0555 e. The molecule has 56 heavy (non-hydrogen) atoms.